The minimum atomic E-state index is -1.28. The molecule has 1 aliphatic rings. The molecule has 5 rings (SSSR count). The molecule has 1 atom stereocenters. The molecule has 1 amide bonds. The maximum Gasteiger partial charge on any atom is 0.410 e. The number of anilines is 1. The summed E-state index contributed by atoms with van der Waals surface area (Å²) in [6.45, 7) is 14.6. The zero-order valence-electron chi connectivity index (χ0n) is 27.3. The lowest BCUT2D eigenvalue weighted by atomic mass is 10.0. The summed E-state index contributed by atoms with van der Waals surface area (Å²) in [7, 11) is 4.08. The van der Waals surface area contributed by atoms with Crippen LogP contribution >= 0.6 is 11.6 Å². The molecule has 13 heteroatoms. The highest BCUT2D eigenvalue weighted by atomic mass is 35.5. The van der Waals surface area contributed by atoms with Crippen molar-refractivity contribution in [3.05, 3.63) is 39.9 Å². The van der Waals surface area contributed by atoms with E-state index in [9.17, 15) is 9.59 Å². The molecule has 0 bridgehead atoms. The Bertz CT molecular complexity index is 1770. The molecular formula is C31H44ClN7O4Si. The first-order chi connectivity index (χ1) is 20.5. The molecule has 0 saturated carbocycles. The number of hydrogen-bond donors (Lipinski definition) is 0. The van der Waals surface area contributed by atoms with E-state index in [1.807, 2.05) is 56.9 Å². The summed E-state index contributed by atoms with van der Waals surface area (Å²) in [6.07, 6.45) is 4.17. The van der Waals surface area contributed by atoms with Crippen LogP contribution in [-0.2, 0) is 30.3 Å². The van der Waals surface area contributed by atoms with E-state index in [2.05, 4.69) is 29.6 Å². The van der Waals surface area contributed by atoms with Crippen LogP contribution in [-0.4, -0.2) is 81.4 Å². The van der Waals surface area contributed by atoms with Crippen molar-refractivity contribution in [2.75, 3.05) is 31.6 Å². The third-order valence-corrected chi connectivity index (χ3v) is 10.1. The molecule has 0 spiro atoms. The first-order valence-electron chi connectivity index (χ1n) is 15.0. The van der Waals surface area contributed by atoms with E-state index < -0.39 is 13.7 Å². The van der Waals surface area contributed by atoms with Crippen LogP contribution in [0.25, 0.3) is 33.1 Å². The van der Waals surface area contributed by atoms with Crippen molar-refractivity contribution in [2.24, 2.45) is 14.1 Å². The van der Waals surface area contributed by atoms with Crippen LogP contribution in [0.2, 0.25) is 30.7 Å². The summed E-state index contributed by atoms with van der Waals surface area (Å²) < 4.78 is 17.0. The standard InChI is InChI=1S/C31H44ClN7O4Si/c1-31(2,3)43-30(41)36(5)20-12-13-38(16-20)29-33-27-25(28(40)37(29)6)22(18-39(27)19-42-14-15-44(7,8)9)21-10-11-24-23(26(21)32)17-35(4)34-24/h10-11,17-18,20H,12-16,19H2,1-9H3/t20-/m1/s1. The average molecular weight is 642 g/mol. The van der Waals surface area contributed by atoms with Crippen LogP contribution in [0.1, 0.15) is 27.2 Å². The Morgan fingerprint density at radius 2 is 1.89 bits per heavy atom. The van der Waals surface area contributed by atoms with Crippen molar-refractivity contribution in [1.82, 2.24) is 28.8 Å². The van der Waals surface area contributed by atoms with Crippen molar-refractivity contribution in [3.63, 3.8) is 0 Å². The lowest BCUT2D eigenvalue weighted by molar-refractivity contribution is 0.0237. The third-order valence-electron chi connectivity index (χ3n) is 8.00. The van der Waals surface area contributed by atoms with Gasteiger partial charge in [-0.05, 0) is 39.3 Å². The fourth-order valence-electron chi connectivity index (χ4n) is 5.54. The van der Waals surface area contributed by atoms with E-state index in [4.69, 9.17) is 26.1 Å². The number of fused-ring (bicyclic) bond motifs is 2. The smallest absolute Gasteiger partial charge is 0.410 e. The Balaban J connectivity index is 1.54. The van der Waals surface area contributed by atoms with Gasteiger partial charge in [0.25, 0.3) is 5.56 Å². The molecule has 3 aromatic heterocycles. The maximum atomic E-state index is 14.1. The third kappa shape index (κ3) is 6.52. The first-order valence-corrected chi connectivity index (χ1v) is 19.1. The summed E-state index contributed by atoms with van der Waals surface area (Å²) in [5.74, 6) is 0.546. The monoisotopic (exact) mass is 641 g/mol. The van der Waals surface area contributed by atoms with Gasteiger partial charge in [-0.1, -0.05) is 37.3 Å². The van der Waals surface area contributed by atoms with Gasteiger partial charge in [-0.15, -0.1) is 0 Å². The number of rotatable bonds is 8. The summed E-state index contributed by atoms with van der Waals surface area (Å²) in [5, 5.41) is 6.31. The largest absolute Gasteiger partial charge is 0.444 e. The summed E-state index contributed by atoms with van der Waals surface area (Å²) in [4.78, 5) is 35.7. The number of nitrogens with zero attached hydrogens (tertiary/aromatic N) is 7. The molecular weight excluding hydrogens is 598 g/mol. The Morgan fingerprint density at radius 3 is 2.57 bits per heavy atom. The molecule has 0 aliphatic carbocycles. The van der Waals surface area contributed by atoms with Crippen molar-refractivity contribution in [3.8, 4) is 11.1 Å². The molecule has 238 valence electrons. The molecule has 0 radical (unpaired) electrons. The Kier molecular flexibility index (Phi) is 8.64. The summed E-state index contributed by atoms with van der Waals surface area (Å²) in [5.41, 5.74) is 2.01. The maximum absolute atomic E-state index is 14.1. The van der Waals surface area contributed by atoms with Crippen molar-refractivity contribution < 1.29 is 14.3 Å². The number of carbonyl (C=O) groups is 1. The average Bonchev–Trinajstić information content (AvgIpc) is 3.64. The van der Waals surface area contributed by atoms with Crippen molar-refractivity contribution >= 4 is 53.7 Å². The number of halogens is 1. The lowest BCUT2D eigenvalue weighted by Gasteiger charge is -2.28. The van der Waals surface area contributed by atoms with E-state index in [0.29, 0.717) is 47.3 Å². The molecule has 44 heavy (non-hydrogen) atoms. The fraction of sp³-hybridized carbons (Fsp3) is 0.548. The molecule has 11 nitrogen and oxygen atoms in total. The van der Waals surface area contributed by atoms with Gasteiger partial charge in [-0.25, -0.2) is 4.79 Å². The lowest BCUT2D eigenvalue weighted by Crippen LogP contribution is -2.42. The van der Waals surface area contributed by atoms with Crippen LogP contribution < -0.4 is 10.5 Å². The van der Waals surface area contributed by atoms with Gasteiger partial charge in [0.15, 0.2) is 5.65 Å². The van der Waals surface area contributed by atoms with Gasteiger partial charge in [-0.2, -0.15) is 10.1 Å². The number of benzene rings is 1. The second-order valence-electron chi connectivity index (χ2n) is 14.0. The molecule has 4 aromatic rings. The van der Waals surface area contributed by atoms with Gasteiger partial charge in [0.2, 0.25) is 5.95 Å². The highest BCUT2D eigenvalue weighted by Gasteiger charge is 2.33. The van der Waals surface area contributed by atoms with Gasteiger partial charge in [-0.3, -0.25) is 14.0 Å². The predicted molar refractivity (Wildman–Crippen MR) is 178 cm³/mol. The number of amides is 1. The Hall–Kier alpha value is -3.35. The molecule has 1 fully saturated rings. The second kappa shape index (κ2) is 11.9. The van der Waals surface area contributed by atoms with Crippen LogP contribution in [0.4, 0.5) is 10.7 Å². The predicted octanol–water partition coefficient (Wildman–Crippen LogP) is 5.70. The first kappa shape index (κ1) is 32.1. The van der Waals surface area contributed by atoms with Crippen LogP contribution in [0.15, 0.2) is 29.3 Å². The highest BCUT2D eigenvalue weighted by Crippen LogP contribution is 2.38. The van der Waals surface area contributed by atoms with Crippen LogP contribution in [0, 0.1) is 0 Å². The SMILES string of the molecule is CN(C(=O)OC(C)(C)C)[C@@H]1CCN(c2nc3c(c(-c4ccc5nn(C)cc5c4Cl)cn3COCC[Si](C)(C)C)c(=O)n2C)C1. The molecule has 1 aliphatic heterocycles. The minimum Gasteiger partial charge on any atom is -0.444 e. The zero-order valence-corrected chi connectivity index (χ0v) is 29.0. The normalized spacial score (nSPS) is 16.0. The van der Waals surface area contributed by atoms with E-state index in [1.54, 1.807) is 28.2 Å². The van der Waals surface area contributed by atoms with E-state index in [0.717, 1.165) is 28.9 Å². The highest BCUT2D eigenvalue weighted by molar-refractivity contribution is 6.76. The topological polar surface area (TPSA) is 99.7 Å². The molecule has 4 heterocycles. The number of aryl methyl sites for hydroxylation is 1. The van der Waals surface area contributed by atoms with Crippen LogP contribution in [0.3, 0.4) is 0 Å². The zero-order chi connectivity index (χ0) is 32.1. The van der Waals surface area contributed by atoms with E-state index >= 15 is 0 Å². The van der Waals surface area contributed by atoms with Crippen molar-refractivity contribution in [2.45, 2.75) is 71.3 Å². The Morgan fingerprint density at radius 1 is 1.16 bits per heavy atom. The minimum absolute atomic E-state index is 0.0743. The molecule has 1 aromatic carbocycles. The summed E-state index contributed by atoms with van der Waals surface area (Å²) >= 11 is 6.95. The molecule has 0 N–H and O–H groups in total. The Labute approximate surface area is 264 Å². The van der Waals surface area contributed by atoms with Gasteiger partial charge in [0.1, 0.15) is 12.3 Å². The van der Waals surface area contributed by atoms with Gasteiger partial charge >= 0.3 is 6.09 Å². The van der Waals surface area contributed by atoms with Gasteiger partial charge in [0, 0.05) is 77.8 Å². The number of likely N-dealkylation sites (N-methyl/N-ethyl adjacent to an activating group) is 1. The number of hydrogen-bond acceptors (Lipinski definition) is 7. The van der Waals surface area contributed by atoms with Gasteiger partial charge in [0.05, 0.1) is 22.0 Å². The fourth-order valence-corrected chi connectivity index (χ4v) is 6.61. The number of aromatic nitrogens is 5. The van der Waals surface area contributed by atoms with Gasteiger partial charge < -0.3 is 23.8 Å². The van der Waals surface area contributed by atoms with Crippen LogP contribution in [0.5, 0.6) is 0 Å². The number of ether oxygens (including phenoxy) is 2. The van der Waals surface area contributed by atoms with E-state index in [-0.39, 0.29) is 24.4 Å². The quantitative estimate of drug-likeness (QED) is 0.180. The van der Waals surface area contributed by atoms with Crippen molar-refractivity contribution in [1.29, 1.82) is 0 Å². The van der Waals surface area contributed by atoms with E-state index in [1.165, 1.54) is 0 Å². The molecule has 0 unspecified atom stereocenters. The number of carbonyl (C=O) groups excluding carboxylic acids is 1. The molecule has 1 saturated heterocycles. The summed E-state index contributed by atoms with van der Waals surface area (Å²) in [6, 6.07) is 4.79. The second-order valence-corrected chi connectivity index (χ2v) is 20.0.